The minimum absolute atomic E-state index is 0.122. The van der Waals surface area contributed by atoms with Crippen LogP contribution in [0.15, 0.2) is 22.9 Å². The van der Waals surface area contributed by atoms with Gasteiger partial charge in [-0.2, -0.15) is 5.10 Å². The molecule has 1 aliphatic carbocycles. The van der Waals surface area contributed by atoms with E-state index in [1.54, 1.807) is 4.52 Å². The standard InChI is InChI=1S/C16H17N5O2/c1-9-12(10(2)23-20-9)8-14(22)17-13-4-3-7-21-16(13)18-15(19-21)11-5-6-11/h3-4,7,11H,5-6,8H2,1-2H3,(H,17,22). The van der Waals surface area contributed by atoms with Crippen LogP contribution < -0.4 is 5.32 Å². The third-order valence-corrected chi connectivity index (χ3v) is 4.11. The first kappa shape index (κ1) is 13.9. The van der Waals surface area contributed by atoms with E-state index in [9.17, 15) is 4.79 Å². The fourth-order valence-electron chi connectivity index (χ4n) is 2.64. The summed E-state index contributed by atoms with van der Waals surface area (Å²) in [5, 5.41) is 11.3. The average Bonchev–Trinajstić information content (AvgIpc) is 3.22. The molecule has 0 unspecified atom stereocenters. The van der Waals surface area contributed by atoms with E-state index in [1.807, 2.05) is 32.2 Å². The second-order valence-corrected chi connectivity index (χ2v) is 5.96. The molecular weight excluding hydrogens is 294 g/mol. The number of hydrogen-bond acceptors (Lipinski definition) is 5. The van der Waals surface area contributed by atoms with Gasteiger partial charge in [0.15, 0.2) is 11.5 Å². The number of aryl methyl sites for hydroxylation is 2. The third kappa shape index (κ3) is 2.58. The Morgan fingerprint density at radius 1 is 1.43 bits per heavy atom. The van der Waals surface area contributed by atoms with Gasteiger partial charge in [-0.3, -0.25) is 4.79 Å². The van der Waals surface area contributed by atoms with Crippen molar-refractivity contribution >= 4 is 17.2 Å². The van der Waals surface area contributed by atoms with Crippen molar-refractivity contribution in [1.29, 1.82) is 0 Å². The number of rotatable bonds is 4. The van der Waals surface area contributed by atoms with Gasteiger partial charge >= 0.3 is 0 Å². The van der Waals surface area contributed by atoms with Crippen molar-refractivity contribution in [2.45, 2.75) is 39.0 Å². The summed E-state index contributed by atoms with van der Waals surface area (Å²) in [4.78, 5) is 16.9. The van der Waals surface area contributed by atoms with Gasteiger partial charge in [0.1, 0.15) is 5.76 Å². The van der Waals surface area contributed by atoms with E-state index in [4.69, 9.17) is 4.52 Å². The number of carbonyl (C=O) groups is 1. The molecule has 0 aromatic carbocycles. The summed E-state index contributed by atoms with van der Waals surface area (Å²) in [6.07, 6.45) is 4.36. The van der Waals surface area contributed by atoms with Crippen LogP contribution in [-0.2, 0) is 11.2 Å². The summed E-state index contributed by atoms with van der Waals surface area (Å²) in [5.41, 5.74) is 2.93. The van der Waals surface area contributed by atoms with Crippen LogP contribution >= 0.6 is 0 Å². The lowest BCUT2D eigenvalue weighted by Crippen LogP contribution is -2.16. The predicted octanol–water partition coefficient (Wildman–Crippen LogP) is 2.39. The quantitative estimate of drug-likeness (QED) is 0.799. The Balaban J connectivity index is 1.58. The molecule has 1 fully saturated rings. The topological polar surface area (TPSA) is 85.3 Å². The molecule has 7 heteroatoms. The van der Waals surface area contributed by atoms with E-state index in [-0.39, 0.29) is 12.3 Å². The summed E-state index contributed by atoms with van der Waals surface area (Å²) in [6, 6.07) is 3.69. The highest BCUT2D eigenvalue weighted by Gasteiger charge is 2.28. The first-order valence-electron chi connectivity index (χ1n) is 7.68. The number of nitrogens with one attached hydrogen (secondary N) is 1. The molecule has 23 heavy (non-hydrogen) atoms. The highest BCUT2D eigenvalue weighted by atomic mass is 16.5. The smallest absolute Gasteiger partial charge is 0.229 e. The lowest BCUT2D eigenvalue weighted by Gasteiger charge is -2.05. The molecule has 0 bridgehead atoms. The molecule has 0 aliphatic heterocycles. The first-order chi connectivity index (χ1) is 11.1. The van der Waals surface area contributed by atoms with Crippen molar-refractivity contribution in [3.8, 4) is 0 Å². The van der Waals surface area contributed by atoms with Gasteiger partial charge in [0.05, 0.1) is 17.8 Å². The molecule has 1 aliphatic rings. The van der Waals surface area contributed by atoms with Crippen LogP contribution in [0.5, 0.6) is 0 Å². The van der Waals surface area contributed by atoms with Crippen molar-refractivity contribution in [3.63, 3.8) is 0 Å². The Hall–Kier alpha value is -2.70. The molecule has 3 aromatic heterocycles. The Morgan fingerprint density at radius 3 is 2.96 bits per heavy atom. The third-order valence-electron chi connectivity index (χ3n) is 4.11. The number of hydrogen-bond donors (Lipinski definition) is 1. The minimum atomic E-state index is -0.122. The molecule has 1 N–H and O–H groups in total. The summed E-state index contributed by atoms with van der Waals surface area (Å²) in [5.74, 6) is 1.89. The van der Waals surface area contributed by atoms with Crippen LogP contribution in [0.25, 0.3) is 5.65 Å². The highest BCUT2D eigenvalue weighted by Crippen LogP contribution is 2.38. The maximum atomic E-state index is 12.3. The molecule has 118 valence electrons. The van der Waals surface area contributed by atoms with Gasteiger partial charge in [0, 0.05) is 17.7 Å². The van der Waals surface area contributed by atoms with E-state index < -0.39 is 0 Å². The molecule has 1 amide bonds. The molecule has 0 atom stereocenters. The van der Waals surface area contributed by atoms with Crippen LogP contribution in [-0.4, -0.2) is 25.7 Å². The van der Waals surface area contributed by atoms with Gasteiger partial charge in [-0.15, -0.1) is 0 Å². The van der Waals surface area contributed by atoms with Crippen molar-refractivity contribution in [1.82, 2.24) is 19.8 Å². The van der Waals surface area contributed by atoms with Crippen LogP contribution in [0.2, 0.25) is 0 Å². The molecule has 7 nitrogen and oxygen atoms in total. The fourth-order valence-corrected chi connectivity index (χ4v) is 2.64. The number of anilines is 1. The molecule has 3 heterocycles. The second-order valence-electron chi connectivity index (χ2n) is 5.96. The minimum Gasteiger partial charge on any atom is -0.361 e. The van der Waals surface area contributed by atoms with E-state index in [0.717, 1.165) is 29.9 Å². The van der Waals surface area contributed by atoms with Gasteiger partial charge in [-0.05, 0) is 38.8 Å². The summed E-state index contributed by atoms with van der Waals surface area (Å²) in [6.45, 7) is 3.64. The zero-order valence-electron chi connectivity index (χ0n) is 13.0. The Morgan fingerprint density at radius 2 is 2.26 bits per heavy atom. The van der Waals surface area contributed by atoms with Gasteiger partial charge in [-0.25, -0.2) is 9.50 Å². The van der Waals surface area contributed by atoms with E-state index in [2.05, 4.69) is 20.6 Å². The van der Waals surface area contributed by atoms with Gasteiger partial charge in [0.25, 0.3) is 0 Å². The second kappa shape index (κ2) is 5.19. The van der Waals surface area contributed by atoms with Crippen molar-refractivity contribution in [2.75, 3.05) is 5.32 Å². The Bertz CT molecular complexity index is 872. The van der Waals surface area contributed by atoms with Crippen LogP contribution in [0.4, 0.5) is 5.69 Å². The Labute approximate surface area is 132 Å². The molecule has 0 radical (unpaired) electrons. The molecule has 1 saturated carbocycles. The molecular formula is C16H17N5O2. The SMILES string of the molecule is Cc1noc(C)c1CC(=O)Nc1cccn2nc(C3CC3)nc12. The fraction of sp³-hybridized carbons (Fsp3) is 0.375. The van der Waals surface area contributed by atoms with Crippen LogP contribution in [0.3, 0.4) is 0 Å². The maximum absolute atomic E-state index is 12.3. The number of aromatic nitrogens is 4. The number of amides is 1. The lowest BCUT2D eigenvalue weighted by atomic mass is 10.1. The number of fused-ring (bicyclic) bond motifs is 1. The monoisotopic (exact) mass is 311 g/mol. The molecule has 0 saturated heterocycles. The Kier molecular flexibility index (Phi) is 3.14. The van der Waals surface area contributed by atoms with Crippen LogP contribution in [0.1, 0.15) is 41.6 Å². The lowest BCUT2D eigenvalue weighted by molar-refractivity contribution is -0.115. The largest absolute Gasteiger partial charge is 0.361 e. The number of nitrogens with zero attached hydrogens (tertiary/aromatic N) is 4. The summed E-state index contributed by atoms with van der Waals surface area (Å²) < 4.78 is 6.82. The first-order valence-corrected chi connectivity index (χ1v) is 7.68. The highest BCUT2D eigenvalue weighted by molar-refractivity contribution is 5.95. The van der Waals surface area contributed by atoms with E-state index >= 15 is 0 Å². The van der Waals surface area contributed by atoms with Gasteiger partial charge < -0.3 is 9.84 Å². The summed E-state index contributed by atoms with van der Waals surface area (Å²) >= 11 is 0. The van der Waals surface area contributed by atoms with E-state index in [1.165, 1.54) is 0 Å². The van der Waals surface area contributed by atoms with Crippen LogP contribution in [0, 0.1) is 13.8 Å². The van der Waals surface area contributed by atoms with E-state index in [0.29, 0.717) is 23.0 Å². The van der Waals surface area contributed by atoms with Crippen molar-refractivity contribution < 1.29 is 9.32 Å². The predicted molar refractivity (Wildman–Crippen MR) is 83.3 cm³/mol. The van der Waals surface area contributed by atoms with Gasteiger partial charge in [-0.1, -0.05) is 5.16 Å². The molecule has 0 spiro atoms. The van der Waals surface area contributed by atoms with Crippen molar-refractivity contribution in [2.24, 2.45) is 0 Å². The van der Waals surface area contributed by atoms with Crippen molar-refractivity contribution in [3.05, 3.63) is 41.2 Å². The molecule has 4 rings (SSSR count). The number of carbonyl (C=O) groups excluding carboxylic acids is 1. The zero-order valence-corrected chi connectivity index (χ0v) is 13.0. The number of pyridine rings is 1. The van der Waals surface area contributed by atoms with Gasteiger partial charge in [0.2, 0.25) is 5.91 Å². The normalized spacial score (nSPS) is 14.3. The summed E-state index contributed by atoms with van der Waals surface area (Å²) in [7, 11) is 0. The zero-order chi connectivity index (χ0) is 16.0. The average molecular weight is 311 g/mol. The molecule has 3 aromatic rings. The maximum Gasteiger partial charge on any atom is 0.229 e.